The molecular formula is C22H20Cl3N3O2. The summed E-state index contributed by atoms with van der Waals surface area (Å²) in [4.78, 5) is 12.9. The number of aliphatic hydroxyl groups is 1. The van der Waals surface area contributed by atoms with Crippen LogP contribution in [-0.4, -0.2) is 32.9 Å². The third-order valence-electron chi connectivity index (χ3n) is 5.25. The monoisotopic (exact) mass is 463 g/mol. The van der Waals surface area contributed by atoms with E-state index in [1.807, 2.05) is 12.1 Å². The molecule has 1 heterocycles. The molecule has 5 nitrogen and oxygen atoms in total. The van der Waals surface area contributed by atoms with Crippen LogP contribution in [0.2, 0.25) is 15.1 Å². The van der Waals surface area contributed by atoms with Gasteiger partial charge in [-0.2, -0.15) is 5.10 Å². The molecular weight excluding hydrogens is 445 g/mol. The number of benzene rings is 2. The highest BCUT2D eigenvalue weighted by Gasteiger charge is 2.24. The summed E-state index contributed by atoms with van der Waals surface area (Å²) in [5.74, 6) is -0.254. The molecule has 0 bridgehead atoms. The number of aromatic nitrogens is 2. The van der Waals surface area contributed by atoms with Crippen LogP contribution in [0.5, 0.6) is 0 Å². The minimum Gasteiger partial charge on any atom is -0.393 e. The van der Waals surface area contributed by atoms with Crippen molar-refractivity contribution in [3.63, 3.8) is 0 Å². The maximum absolute atomic E-state index is 12.9. The molecule has 3 aromatic rings. The molecule has 0 aliphatic heterocycles. The number of aliphatic hydroxyl groups excluding tert-OH is 1. The zero-order valence-electron chi connectivity index (χ0n) is 16.0. The van der Waals surface area contributed by atoms with Gasteiger partial charge in [0.15, 0.2) is 5.69 Å². The fourth-order valence-corrected chi connectivity index (χ4v) is 4.25. The summed E-state index contributed by atoms with van der Waals surface area (Å²) in [5, 5.41) is 18.8. The summed E-state index contributed by atoms with van der Waals surface area (Å²) in [6, 6.07) is 14.2. The van der Waals surface area contributed by atoms with E-state index in [2.05, 4.69) is 10.4 Å². The van der Waals surface area contributed by atoms with Gasteiger partial charge >= 0.3 is 0 Å². The van der Waals surface area contributed by atoms with Crippen molar-refractivity contribution in [2.75, 3.05) is 0 Å². The number of rotatable bonds is 4. The molecule has 1 amide bonds. The van der Waals surface area contributed by atoms with Gasteiger partial charge in [-0.1, -0.05) is 46.9 Å². The fourth-order valence-electron chi connectivity index (χ4n) is 3.63. The summed E-state index contributed by atoms with van der Waals surface area (Å²) >= 11 is 18.5. The number of carbonyl (C=O) groups is 1. The fraction of sp³-hybridized carbons (Fsp3) is 0.273. The first-order valence-corrected chi connectivity index (χ1v) is 10.8. The lowest BCUT2D eigenvalue weighted by molar-refractivity contribution is 0.0863. The van der Waals surface area contributed by atoms with Gasteiger partial charge in [0.25, 0.3) is 5.91 Å². The van der Waals surface area contributed by atoms with Gasteiger partial charge in [-0.05, 0) is 62.1 Å². The minimum atomic E-state index is -0.277. The summed E-state index contributed by atoms with van der Waals surface area (Å²) in [6.07, 6.45) is 2.60. The van der Waals surface area contributed by atoms with Gasteiger partial charge in [0.2, 0.25) is 0 Å². The predicted octanol–water partition coefficient (Wildman–Crippen LogP) is 5.53. The third-order valence-corrected chi connectivity index (χ3v) is 6.04. The molecule has 1 aliphatic rings. The molecule has 0 atom stereocenters. The normalized spacial score (nSPS) is 18.9. The number of halogens is 3. The van der Waals surface area contributed by atoms with Crippen LogP contribution in [-0.2, 0) is 0 Å². The Morgan fingerprint density at radius 1 is 0.967 bits per heavy atom. The molecule has 0 spiro atoms. The Kier molecular flexibility index (Phi) is 6.34. The molecule has 156 valence electrons. The van der Waals surface area contributed by atoms with Crippen molar-refractivity contribution >= 4 is 40.7 Å². The van der Waals surface area contributed by atoms with Crippen LogP contribution in [0.3, 0.4) is 0 Å². The smallest absolute Gasteiger partial charge is 0.272 e. The second kappa shape index (κ2) is 8.98. The Hall–Kier alpha value is -2.05. The van der Waals surface area contributed by atoms with E-state index in [-0.39, 0.29) is 23.7 Å². The Balaban J connectivity index is 1.70. The third kappa shape index (κ3) is 4.65. The highest BCUT2D eigenvalue weighted by molar-refractivity contribution is 6.35. The highest BCUT2D eigenvalue weighted by atomic mass is 35.5. The van der Waals surface area contributed by atoms with Gasteiger partial charge in [-0.15, -0.1) is 0 Å². The second-order valence-electron chi connectivity index (χ2n) is 7.41. The van der Waals surface area contributed by atoms with Crippen LogP contribution in [0.25, 0.3) is 16.9 Å². The van der Waals surface area contributed by atoms with Crippen molar-refractivity contribution in [2.45, 2.75) is 37.8 Å². The molecule has 4 rings (SSSR count). The Bertz CT molecular complexity index is 1060. The van der Waals surface area contributed by atoms with Crippen molar-refractivity contribution in [2.24, 2.45) is 0 Å². The number of hydrogen-bond acceptors (Lipinski definition) is 3. The summed E-state index contributed by atoms with van der Waals surface area (Å²) in [7, 11) is 0. The van der Waals surface area contributed by atoms with E-state index < -0.39 is 0 Å². The number of carbonyl (C=O) groups excluding carboxylic acids is 1. The molecule has 8 heteroatoms. The quantitative estimate of drug-likeness (QED) is 0.533. The molecule has 0 radical (unpaired) electrons. The Morgan fingerprint density at radius 2 is 1.63 bits per heavy atom. The van der Waals surface area contributed by atoms with E-state index in [1.54, 1.807) is 41.1 Å². The van der Waals surface area contributed by atoms with Gasteiger partial charge < -0.3 is 10.4 Å². The van der Waals surface area contributed by atoms with E-state index in [9.17, 15) is 9.90 Å². The number of hydrogen-bond donors (Lipinski definition) is 2. The first-order valence-electron chi connectivity index (χ1n) is 9.71. The maximum Gasteiger partial charge on any atom is 0.272 e. The first-order chi connectivity index (χ1) is 14.4. The molecule has 2 aromatic carbocycles. The lowest BCUT2D eigenvalue weighted by atomic mass is 9.93. The van der Waals surface area contributed by atoms with Crippen LogP contribution in [0.4, 0.5) is 0 Å². The summed E-state index contributed by atoms with van der Waals surface area (Å²) in [6.45, 7) is 0. The Morgan fingerprint density at radius 3 is 2.30 bits per heavy atom. The van der Waals surface area contributed by atoms with E-state index in [4.69, 9.17) is 34.8 Å². The molecule has 2 N–H and O–H groups in total. The van der Waals surface area contributed by atoms with E-state index in [0.717, 1.165) is 18.4 Å². The van der Waals surface area contributed by atoms with Crippen molar-refractivity contribution in [1.29, 1.82) is 0 Å². The minimum absolute atomic E-state index is 0.0316. The second-order valence-corrected chi connectivity index (χ2v) is 8.69. The summed E-state index contributed by atoms with van der Waals surface area (Å²) in [5.41, 5.74) is 2.46. The number of nitrogens with zero attached hydrogens (tertiary/aromatic N) is 2. The van der Waals surface area contributed by atoms with E-state index in [0.29, 0.717) is 39.3 Å². The van der Waals surface area contributed by atoms with Gasteiger partial charge in [0, 0.05) is 21.7 Å². The van der Waals surface area contributed by atoms with Crippen molar-refractivity contribution in [3.8, 4) is 16.9 Å². The van der Waals surface area contributed by atoms with Gasteiger partial charge in [0.1, 0.15) is 0 Å². The van der Waals surface area contributed by atoms with Crippen molar-refractivity contribution in [1.82, 2.24) is 15.1 Å². The molecule has 1 aliphatic carbocycles. The van der Waals surface area contributed by atoms with Crippen molar-refractivity contribution < 1.29 is 9.90 Å². The average molecular weight is 465 g/mol. The zero-order valence-corrected chi connectivity index (χ0v) is 18.3. The molecule has 30 heavy (non-hydrogen) atoms. The number of nitrogens with one attached hydrogen (secondary N) is 1. The highest BCUT2D eigenvalue weighted by Crippen LogP contribution is 2.30. The molecule has 0 unspecified atom stereocenters. The van der Waals surface area contributed by atoms with Gasteiger partial charge in [-0.25, -0.2) is 4.68 Å². The van der Waals surface area contributed by atoms with Crippen LogP contribution in [0.15, 0.2) is 48.5 Å². The molecule has 0 saturated heterocycles. The summed E-state index contributed by atoms with van der Waals surface area (Å²) < 4.78 is 1.64. The topological polar surface area (TPSA) is 67.2 Å². The van der Waals surface area contributed by atoms with Crippen LogP contribution >= 0.6 is 34.8 Å². The average Bonchev–Trinajstić information content (AvgIpc) is 3.15. The standard InChI is InChI=1S/C22H20Cl3N3O2/c23-14-3-1-13(2-4-14)21-12-19(22(30)26-16-6-8-17(29)9-7-16)27-28(21)20-10-5-15(24)11-18(20)25/h1-5,10-12,16-17,29H,6-9H2,(H,26,30)/t16-,17-. The maximum atomic E-state index is 12.9. The first kappa shape index (κ1) is 21.2. The zero-order chi connectivity index (χ0) is 21.3. The molecule has 1 fully saturated rings. The van der Waals surface area contributed by atoms with Gasteiger partial charge in [-0.3, -0.25) is 4.79 Å². The van der Waals surface area contributed by atoms with E-state index >= 15 is 0 Å². The Labute approximate surface area is 189 Å². The molecule has 1 saturated carbocycles. The van der Waals surface area contributed by atoms with Gasteiger partial charge in [0.05, 0.1) is 22.5 Å². The van der Waals surface area contributed by atoms with E-state index in [1.165, 1.54) is 0 Å². The van der Waals surface area contributed by atoms with Crippen molar-refractivity contribution in [3.05, 3.63) is 69.3 Å². The van der Waals surface area contributed by atoms with Crippen LogP contribution in [0, 0.1) is 0 Å². The predicted molar refractivity (Wildman–Crippen MR) is 120 cm³/mol. The number of amides is 1. The SMILES string of the molecule is O=C(N[C@H]1CC[C@H](O)CC1)c1cc(-c2ccc(Cl)cc2)n(-c2ccc(Cl)cc2Cl)n1. The van der Waals surface area contributed by atoms with Crippen LogP contribution < -0.4 is 5.32 Å². The van der Waals surface area contributed by atoms with Crippen LogP contribution in [0.1, 0.15) is 36.2 Å². The largest absolute Gasteiger partial charge is 0.393 e. The lowest BCUT2D eigenvalue weighted by Gasteiger charge is -2.25. The molecule has 1 aromatic heterocycles. The lowest BCUT2D eigenvalue weighted by Crippen LogP contribution is -2.38.